The van der Waals surface area contributed by atoms with Crippen LogP contribution in [0, 0.1) is 0 Å². The van der Waals surface area contributed by atoms with E-state index in [0.29, 0.717) is 24.5 Å². The molecule has 0 spiro atoms. The van der Waals surface area contributed by atoms with Crippen LogP contribution in [0.2, 0.25) is 0 Å². The predicted octanol–water partition coefficient (Wildman–Crippen LogP) is 1.51. The zero-order chi connectivity index (χ0) is 13.5. The molecule has 0 saturated heterocycles. The van der Waals surface area contributed by atoms with E-state index in [9.17, 15) is 4.79 Å². The van der Waals surface area contributed by atoms with Gasteiger partial charge in [0.1, 0.15) is 11.5 Å². The van der Waals surface area contributed by atoms with Crippen molar-refractivity contribution in [1.29, 1.82) is 0 Å². The second kappa shape index (κ2) is 6.44. The van der Waals surface area contributed by atoms with Crippen molar-refractivity contribution in [3.05, 3.63) is 36.5 Å². The van der Waals surface area contributed by atoms with Crippen LogP contribution in [0.3, 0.4) is 0 Å². The standard InChI is InChI=1S/C13H14N4O2/c1-19-13(18)7-9-15-12-6-5-11(16-17-12)10-4-2-3-8-14-10/h2-6,8H,7,9H2,1H3,(H,15,17). The van der Waals surface area contributed by atoms with Gasteiger partial charge in [-0.05, 0) is 24.3 Å². The molecule has 0 aliphatic rings. The van der Waals surface area contributed by atoms with E-state index in [1.807, 2.05) is 24.3 Å². The molecule has 98 valence electrons. The van der Waals surface area contributed by atoms with Crippen molar-refractivity contribution < 1.29 is 9.53 Å². The van der Waals surface area contributed by atoms with E-state index in [2.05, 4.69) is 25.2 Å². The molecule has 0 aliphatic heterocycles. The summed E-state index contributed by atoms with van der Waals surface area (Å²) in [5.74, 6) is 0.356. The maximum Gasteiger partial charge on any atom is 0.307 e. The molecule has 0 atom stereocenters. The number of aromatic nitrogens is 3. The first kappa shape index (κ1) is 12.9. The highest BCUT2D eigenvalue weighted by Gasteiger charge is 2.03. The number of nitrogens with zero attached hydrogens (tertiary/aromatic N) is 3. The van der Waals surface area contributed by atoms with E-state index in [1.54, 1.807) is 12.3 Å². The number of carbonyl (C=O) groups is 1. The van der Waals surface area contributed by atoms with Gasteiger partial charge >= 0.3 is 5.97 Å². The molecule has 0 fully saturated rings. The van der Waals surface area contributed by atoms with E-state index in [1.165, 1.54) is 7.11 Å². The van der Waals surface area contributed by atoms with Crippen molar-refractivity contribution in [2.24, 2.45) is 0 Å². The van der Waals surface area contributed by atoms with Gasteiger partial charge < -0.3 is 10.1 Å². The summed E-state index contributed by atoms with van der Waals surface area (Å²) in [7, 11) is 1.36. The molecular formula is C13H14N4O2. The Morgan fingerprint density at radius 3 is 2.74 bits per heavy atom. The Hall–Kier alpha value is -2.50. The van der Waals surface area contributed by atoms with Crippen LogP contribution in [-0.4, -0.2) is 34.8 Å². The molecule has 6 heteroatoms. The fourth-order valence-corrected chi connectivity index (χ4v) is 1.47. The Balaban J connectivity index is 1.94. The number of esters is 1. The fraction of sp³-hybridized carbons (Fsp3) is 0.231. The third kappa shape index (κ3) is 3.74. The van der Waals surface area contributed by atoms with Crippen LogP contribution in [0.25, 0.3) is 11.4 Å². The summed E-state index contributed by atoms with van der Waals surface area (Å²) in [4.78, 5) is 15.1. The quantitative estimate of drug-likeness (QED) is 0.819. The number of rotatable bonds is 5. The van der Waals surface area contributed by atoms with Crippen LogP contribution in [0.5, 0.6) is 0 Å². The van der Waals surface area contributed by atoms with Crippen molar-refractivity contribution in [3.8, 4) is 11.4 Å². The molecule has 19 heavy (non-hydrogen) atoms. The lowest BCUT2D eigenvalue weighted by Gasteiger charge is -2.04. The maximum absolute atomic E-state index is 10.9. The molecule has 2 aromatic rings. The molecule has 0 aliphatic carbocycles. The number of nitrogens with one attached hydrogen (secondary N) is 1. The van der Waals surface area contributed by atoms with Crippen molar-refractivity contribution in [3.63, 3.8) is 0 Å². The molecule has 6 nitrogen and oxygen atoms in total. The number of carbonyl (C=O) groups excluding carboxylic acids is 1. The van der Waals surface area contributed by atoms with Gasteiger partial charge in [-0.1, -0.05) is 6.07 Å². The van der Waals surface area contributed by atoms with Gasteiger partial charge in [0.2, 0.25) is 0 Å². The molecule has 0 bridgehead atoms. The Labute approximate surface area is 110 Å². The highest BCUT2D eigenvalue weighted by atomic mass is 16.5. The Kier molecular flexibility index (Phi) is 4.39. The second-order valence-corrected chi connectivity index (χ2v) is 3.77. The van der Waals surface area contributed by atoms with E-state index in [0.717, 1.165) is 5.69 Å². The summed E-state index contributed by atoms with van der Waals surface area (Å²) in [6, 6.07) is 9.24. The van der Waals surface area contributed by atoms with E-state index >= 15 is 0 Å². The van der Waals surface area contributed by atoms with Crippen LogP contribution in [-0.2, 0) is 9.53 Å². The molecule has 0 aromatic carbocycles. The van der Waals surface area contributed by atoms with Gasteiger partial charge in [-0.25, -0.2) is 0 Å². The summed E-state index contributed by atoms with van der Waals surface area (Å²) >= 11 is 0. The lowest BCUT2D eigenvalue weighted by atomic mass is 10.2. The van der Waals surface area contributed by atoms with Crippen molar-refractivity contribution >= 4 is 11.8 Å². The van der Waals surface area contributed by atoms with Crippen LogP contribution in [0.15, 0.2) is 36.5 Å². The molecule has 0 unspecified atom stereocenters. The molecule has 0 saturated carbocycles. The Morgan fingerprint density at radius 2 is 2.11 bits per heavy atom. The minimum absolute atomic E-state index is 0.259. The monoisotopic (exact) mass is 258 g/mol. The smallest absolute Gasteiger partial charge is 0.307 e. The SMILES string of the molecule is COC(=O)CCNc1ccc(-c2ccccn2)nn1. The summed E-state index contributed by atoms with van der Waals surface area (Å²) in [6.45, 7) is 0.463. The number of hydrogen-bond donors (Lipinski definition) is 1. The van der Waals surface area contributed by atoms with E-state index in [-0.39, 0.29) is 5.97 Å². The average Bonchev–Trinajstić information content (AvgIpc) is 2.48. The maximum atomic E-state index is 10.9. The number of hydrogen-bond acceptors (Lipinski definition) is 6. The Bertz CT molecular complexity index is 528. The minimum atomic E-state index is -0.259. The highest BCUT2D eigenvalue weighted by Crippen LogP contribution is 2.13. The molecule has 2 aromatic heterocycles. The first-order chi connectivity index (χ1) is 9.29. The number of ether oxygens (including phenoxy) is 1. The lowest BCUT2D eigenvalue weighted by molar-refractivity contribution is -0.140. The average molecular weight is 258 g/mol. The first-order valence-electron chi connectivity index (χ1n) is 5.85. The summed E-state index contributed by atoms with van der Waals surface area (Å²) in [6.07, 6.45) is 2.00. The van der Waals surface area contributed by atoms with Crippen molar-refractivity contribution in [1.82, 2.24) is 15.2 Å². The zero-order valence-corrected chi connectivity index (χ0v) is 10.5. The zero-order valence-electron chi connectivity index (χ0n) is 10.5. The van der Waals surface area contributed by atoms with Crippen LogP contribution in [0.1, 0.15) is 6.42 Å². The van der Waals surface area contributed by atoms with Crippen molar-refractivity contribution in [2.45, 2.75) is 6.42 Å². The van der Waals surface area contributed by atoms with Crippen LogP contribution >= 0.6 is 0 Å². The minimum Gasteiger partial charge on any atom is -0.469 e. The van der Waals surface area contributed by atoms with Gasteiger partial charge in [-0.15, -0.1) is 10.2 Å². The van der Waals surface area contributed by atoms with Gasteiger partial charge in [0, 0.05) is 12.7 Å². The fourth-order valence-electron chi connectivity index (χ4n) is 1.47. The highest BCUT2D eigenvalue weighted by molar-refractivity contribution is 5.69. The normalized spacial score (nSPS) is 9.95. The van der Waals surface area contributed by atoms with E-state index in [4.69, 9.17) is 0 Å². The topological polar surface area (TPSA) is 77.0 Å². The van der Waals surface area contributed by atoms with Crippen molar-refractivity contribution in [2.75, 3.05) is 19.0 Å². The first-order valence-corrected chi connectivity index (χ1v) is 5.85. The predicted molar refractivity (Wildman–Crippen MR) is 70.4 cm³/mol. The molecule has 2 heterocycles. The largest absolute Gasteiger partial charge is 0.469 e. The summed E-state index contributed by atoms with van der Waals surface area (Å²) in [5, 5.41) is 11.1. The third-order valence-corrected chi connectivity index (χ3v) is 2.45. The van der Waals surface area contributed by atoms with Crippen LogP contribution < -0.4 is 5.32 Å². The van der Waals surface area contributed by atoms with Gasteiger partial charge in [-0.2, -0.15) is 0 Å². The molecule has 0 radical (unpaired) electrons. The van der Waals surface area contributed by atoms with Crippen LogP contribution in [0.4, 0.5) is 5.82 Å². The number of methoxy groups -OCH3 is 1. The molecule has 2 rings (SSSR count). The van der Waals surface area contributed by atoms with E-state index < -0.39 is 0 Å². The third-order valence-electron chi connectivity index (χ3n) is 2.45. The van der Waals surface area contributed by atoms with Gasteiger partial charge in [0.15, 0.2) is 0 Å². The Morgan fingerprint density at radius 1 is 1.21 bits per heavy atom. The second-order valence-electron chi connectivity index (χ2n) is 3.77. The summed E-state index contributed by atoms with van der Waals surface area (Å²) < 4.78 is 4.54. The summed E-state index contributed by atoms with van der Waals surface area (Å²) in [5.41, 5.74) is 1.48. The van der Waals surface area contributed by atoms with Gasteiger partial charge in [0.05, 0.1) is 19.2 Å². The van der Waals surface area contributed by atoms with Gasteiger partial charge in [-0.3, -0.25) is 9.78 Å². The number of pyridine rings is 1. The molecular weight excluding hydrogens is 244 g/mol. The molecule has 0 amide bonds. The number of anilines is 1. The molecule has 1 N–H and O–H groups in total. The lowest BCUT2D eigenvalue weighted by Crippen LogP contribution is -2.10. The van der Waals surface area contributed by atoms with Gasteiger partial charge in [0.25, 0.3) is 0 Å².